The van der Waals surface area contributed by atoms with Crippen molar-refractivity contribution in [3.63, 3.8) is 0 Å². The van der Waals surface area contributed by atoms with E-state index >= 15 is 0 Å². The zero-order chi connectivity index (χ0) is 12.0. The van der Waals surface area contributed by atoms with Crippen molar-refractivity contribution in [3.8, 4) is 0 Å². The van der Waals surface area contributed by atoms with E-state index in [-0.39, 0.29) is 0 Å². The van der Waals surface area contributed by atoms with E-state index < -0.39 is 0 Å². The summed E-state index contributed by atoms with van der Waals surface area (Å²) in [5.41, 5.74) is 0.898. The van der Waals surface area contributed by atoms with Gasteiger partial charge in [0.1, 0.15) is 0 Å². The Morgan fingerprint density at radius 1 is 1.29 bits per heavy atom. The molecule has 0 amide bonds. The predicted molar refractivity (Wildman–Crippen MR) is 70.0 cm³/mol. The lowest BCUT2D eigenvalue weighted by molar-refractivity contribution is 0.763. The van der Waals surface area contributed by atoms with Gasteiger partial charge >= 0.3 is 0 Å². The van der Waals surface area contributed by atoms with Crippen molar-refractivity contribution >= 4 is 6.21 Å². The third-order valence-electron chi connectivity index (χ3n) is 1.01. The van der Waals surface area contributed by atoms with Gasteiger partial charge in [0.2, 0.25) is 0 Å². The van der Waals surface area contributed by atoms with E-state index in [4.69, 9.17) is 0 Å². The van der Waals surface area contributed by atoms with E-state index in [0.717, 1.165) is 5.70 Å². The SMILES string of the molecule is C=CC=NC(=C)C(C)C.CC.CCC. The summed E-state index contributed by atoms with van der Waals surface area (Å²) >= 11 is 0. The third kappa shape index (κ3) is 22.5. The summed E-state index contributed by atoms with van der Waals surface area (Å²) in [6, 6.07) is 0. The van der Waals surface area contributed by atoms with Crippen molar-refractivity contribution in [2.75, 3.05) is 0 Å². The van der Waals surface area contributed by atoms with Gasteiger partial charge in [0.25, 0.3) is 0 Å². The Kier molecular flexibility index (Phi) is 24.3. The monoisotopic (exact) mass is 197 g/mol. The highest BCUT2D eigenvalue weighted by molar-refractivity contribution is 5.71. The normalized spacial score (nSPS) is 8.50. The highest BCUT2D eigenvalue weighted by Gasteiger charge is 1.93. The number of hydrogen-bond donors (Lipinski definition) is 0. The number of hydrogen-bond acceptors (Lipinski definition) is 1. The minimum absolute atomic E-state index is 0.432. The summed E-state index contributed by atoms with van der Waals surface area (Å²) in [6.45, 7) is 19.6. The molecule has 0 aliphatic heterocycles. The molecule has 0 saturated heterocycles. The summed E-state index contributed by atoms with van der Waals surface area (Å²) in [5, 5.41) is 0. The second-order valence-corrected chi connectivity index (χ2v) is 2.87. The van der Waals surface area contributed by atoms with E-state index in [1.54, 1.807) is 12.3 Å². The maximum absolute atomic E-state index is 4.00. The smallest absolute Gasteiger partial charge is 0.0357 e. The molecule has 0 rings (SSSR count). The molecule has 0 saturated carbocycles. The van der Waals surface area contributed by atoms with E-state index in [0.29, 0.717) is 5.92 Å². The highest BCUT2D eigenvalue weighted by Crippen LogP contribution is 2.05. The van der Waals surface area contributed by atoms with Gasteiger partial charge in [-0.25, -0.2) is 0 Å². The second kappa shape index (κ2) is 18.0. The van der Waals surface area contributed by atoms with E-state index in [9.17, 15) is 0 Å². The second-order valence-electron chi connectivity index (χ2n) is 2.87. The summed E-state index contributed by atoms with van der Waals surface area (Å²) in [4.78, 5) is 4.00. The minimum atomic E-state index is 0.432. The minimum Gasteiger partial charge on any atom is -0.262 e. The number of rotatable bonds is 3. The van der Waals surface area contributed by atoms with Gasteiger partial charge in [-0.3, -0.25) is 4.99 Å². The fourth-order valence-electron chi connectivity index (χ4n) is 0.298. The molecule has 0 heterocycles. The first-order valence-corrected chi connectivity index (χ1v) is 5.43. The molecule has 0 aliphatic rings. The Balaban J connectivity index is -0.000000205. The topological polar surface area (TPSA) is 12.4 Å². The van der Waals surface area contributed by atoms with Gasteiger partial charge in [-0.1, -0.05) is 67.2 Å². The van der Waals surface area contributed by atoms with Crippen LogP contribution in [-0.4, -0.2) is 6.21 Å². The van der Waals surface area contributed by atoms with Crippen LogP contribution in [0.4, 0.5) is 0 Å². The molecule has 0 aromatic heterocycles. The Hall–Kier alpha value is -0.850. The zero-order valence-corrected chi connectivity index (χ0v) is 10.8. The molecule has 14 heavy (non-hydrogen) atoms. The summed E-state index contributed by atoms with van der Waals surface area (Å²) in [5.74, 6) is 0.432. The lowest BCUT2D eigenvalue weighted by Crippen LogP contribution is -1.87. The van der Waals surface area contributed by atoms with Gasteiger partial charge in [0.05, 0.1) is 0 Å². The largest absolute Gasteiger partial charge is 0.262 e. The molecule has 0 aliphatic carbocycles. The Labute approximate surface area is 90.6 Å². The van der Waals surface area contributed by atoms with Crippen molar-refractivity contribution < 1.29 is 0 Å². The van der Waals surface area contributed by atoms with Crippen LogP contribution < -0.4 is 0 Å². The molecule has 0 aromatic carbocycles. The average molecular weight is 197 g/mol. The standard InChI is InChI=1S/C8H13N.C3H8.C2H6/c1-5-6-9-8(4)7(2)3;1-3-2;1-2/h5-7H,1,4H2,2-3H3;3H2,1-2H3;1-2H3. The van der Waals surface area contributed by atoms with E-state index in [1.165, 1.54) is 6.42 Å². The van der Waals surface area contributed by atoms with Gasteiger partial charge in [-0.05, 0) is 5.92 Å². The molecule has 1 nitrogen and oxygen atoms in total. The first-order valence-electron chi connectivity index (χ1n) is 5.43. The van der Waals surface area contributed by atoms with Crippen LogP contribution in [0.1, 0.15) is 48.0 Å². The van der Waals surface area contributed by atoms with Crippen LogP contribution >= 0.6 is 0 Å². The Morgan fingerprint density at radius 2 is 1.64 bits per heavy atom. The molecule has 0 fully saturated rings. The maximum Gasteiger partial charge on any atom is 0.0357 e. The lowest BCUT2D eigenvalue weighted by Gasteiger charge is -1.99. The molecule has 0 bridgehead atoms. The summed E-state index contributed by atoms with van der Waals surface area (Å²) in [6.07, 6.45) is 4.55. The zero-order valence-electron chi connectivity index (χ0n) is 10.8. The van der Waals surface area contributed by atoms with Gasteiger partial charge in [-0.2, -0.15) is 0 Å². The summed E-state index contributed by atoms with van der Waals surface area (Å²) < 4.78 is 0. The van der Waals surface area contributed by atoms with Crippen LogP contribution in [0.2, 0.25) is 0 Å². The lowest BCUT2D eigenvalue weighted by atomic mass is 10.2. The predicted octanol–water partition coefficient (Wildman–Crippen LogP) is 4.86. The van der Waals surface area contributed by atoms with Gasteiger partial charge < -0.3 is 0 Å². The van der Waals surface area contributed by atoms with Crippen molar-refractivity contribution in [2.24, 2.45) is 10.9 Å². The number of allylic oxidation sites excluding steroid dienone is 2. The Morgan fingerprint density at radius 3 is 1.86 bits per heavy atom. The first kappa shape index (κ1) is 18.8. The van der Waals surface area contributed by atoms with Crippen LogP contribution in [-0.2, 0) is 0 Å². The van der Waals surface area contributed by atoms with Crippen molar-refractivity contribution in [1.29, 1.82) is 0 Å². The molecule has 0 unspecified atom stereocenters. The molecule has 0 radical (unpaired) electrons. The van der Waals surface area contributed by atoms with E-state index in [2.05, 4.69) is 45.8 Å². The fraction of sp³-hybridized carbons (Fsp3) is 0.615. The van der Waals surface area contributed by atoms with Gasteiger partial charge in [0.15, 0.2) is 0 Å². The maximum atomic E-state index is 4.00. The number of nitrogens with zero attached hydrogens (tertiary/aromatic N) is 1. The molecular weight excluding hydrogens is 170 g/mol. The van der Waals surface area contributed by atoms with Crippen LogP contribution in [0.5, 0.6) is 0 Å². The Bertz CT molecular complexity index is 143. The molecule has 1 heteroatoms. The van der Waals surface area contributed by atoms with Gasteiger partial charge in [-0.15, -0.1) is 0 Å². The molecular formula is C13H27N. The van der Waals surface area contributed by atoms with Gasteiger partial charge in [0, 0.05) is 11.9 Å². The first-order chi connectivity index (χ1) is 6.59. The molecule has 0 aromatic rings. The van der Waals surface area contributed by atoms with Crippen LogP contribution in [0, 0.1) is 5.92 Å². The van der Waals surface area contributed by atoms with Crippen LogP contribution in [0.15, 0.2) is 29.9 Å². The molecule has 84 valence electrons. The van der Waals surface area contributed by atoms with Crippen molar-refractivity contribution in [1.82, 2.24) is 0 Å². The summed E-state index contributed by atoms with van der Waals surface area (Å²) in [7, 11) is 0. The van der Waals surface area contributed by atoms with Crippen LogP contribution in [0.3, 0.4) is 0 Å². The molecule has 0 atom stereocenters. The van der Waals surface area contributed by atoms with E-state index in [1.807, 2.05) is 13.8 Å². The number of aliphatic imine (C=N–C) groups is 1. The molecule has 0 N–H and O–H groups in total. The van der Waals surface area contributed by atoms with Crippen LogP contribution in [0.25, 0.3) is 0 Å². The average Bonchev–Trinajstić information content (AvgIpc) is 2.18. The highest BCUT2D eigenvalue weighted by atomic mass is 14.7. The van der Waals surface area contributed by atoms with Crippen molar-refractivity contribution in [3.05, 3.63) is 24.9 Å². The third-order valence-corrected chi connectivity index (χ3v) is 1.01. The quantitative estimate of drug-likeness (QED) is 0.573. The van der Waals surface area contributed by atoms with Crippen molar-refractivity contribution in [2.45, 2.75) is 48.0 Å². The fourth-order valence-corrected chi connectivity index (χ4v) is 0.298. The molecule has 0 spiro atoms.